The highest BCUT2D eigenvalue weighted by Gasteiger charge is 2.25. The molecule has 0 aliphatic heterocycles. The maximum atomic E-state index is 12.3. The Labute approximate surface area is 242 Å². The van der Waals surface area contributed by atoms with Crippen LogP contribution in [0.15, 0.2) is 75.5 Å². The van der Waals surface area contributed by atoms with E-state index in [1.807, 2.05) is 24.3 Å². The van der Waals surface area contributed by atoms with E-state index in [1.54, 1.807) is 37.4 Å². The summed E-state index contributed by atoms with van der Waals surface area (Å²) in [6, 6.07) is 14.1. The van der Waals surface area contributed by atoms with E-state index in [9.17, 15) is 14.4 Å². The number of hydrogen-bond acceptors (Lipinski definition) is 8. The van der Waals surface area contributed by atoms with Gasteiger partial charge in [0.15, 0.2) is 0 Å². The molecule has 0 aliphatic rings. The van der Waals surface area contributed by atoms with Gasteiger partial charge in [-0.1, -0.05) is 64.8 Å². The fourth-order valence-electron chi connectivity index (χ4n) is 3.70. The van der Waals surface area contributed by atoms with Crippen LogP contribution in [0.25, 0.3) is 5.69 Å². The molecule has 1 unspecified atom stereocenters. The van der Waals surface area contributed by atoms with Crippen LogP contribution in [0.4, 0.5) is 0 Å². The Hall–Kier alpha value is -3.15. The Morgan fingerprint density at radius 2 is 1.85 bits per heavy atom. The summed E-state index contributed by atoms with van der Waals surface area (Å²) < 4.78 is 5.97. The molecule has 13 heteroatoms. The molecular weight excluding hydrogens is 585 g/mol. The maximum Gasteiger partial charge on any atom is 0.349 e. The fourth-order valence-corrected chi connectivity index (χ4v) is 5.95. The van der Waals surface area contributed by atoms with Crippen LogP contribution in [0.1, 0.15) is 28.9 Å². The van der Waals surface area contributed by atoms with Gasteiger partial charge in [0, 0.05) is 33.4 Å². The molecule has 0 fully saturated rings. The molecule has 0 saturated heterocycles. The van der Waals surface area contributed by atoms with Crippen LogP contribution in [0, 0.1) is 0 Å². The molecule has 0 saturated carbocycles. The highest BCUT2D eigenvalue weighted by atomic mass is 35.5. The maximum absolute atomic E-state index is 12.3. The minimum atomic E-state index is -0.723. The van der Waals surface area contributed by atoms with Crippen LogP contribution in [0.5, 0.6) is 0 Å². The molecule has 1 atom stereocenters. The highest BCUT2D eigenvalue weighted by molar-refractivity contribution is 7.99. The zero-order valence-corrected chi connectivity index (χ0v) is 23.6. The summed E-state index contributed by atoms with van der Waals surface area (Å²) in [6.07, 6.45) is 2.67. The van der Waals surface area contributed by atoms with Crippen LogP contribution in [0.3, 0.4) is 0 Å². The van der Waals surface area contributed by atoms with Crippen molar-refractivity contribution >= 4 is 52.5 Å². The van der Waals surface area contributed by atoms with Crippen LogP contribution in [-0.2, 0) is 16.1 Å². The number of nitrogens with one attached hydrogen (secondary N) is 2. The molecular formula is C26H22Cl3N5O4S. The number of pyridine rings is 1. The smallest absolute Gasteiger partial charge is 0.349 e. The average Bonchev–Trinajstić information content (AvgIpc) is 2.89. The van der Waals surface area contributed by atoms with Gasteiger partial charge in [0.05, 0.1) is 24.1 Å². The second-order valence-electron chi connectivity index (χ2n) is 8.10. The van der Waals surface area contributed by atoms with E-state index in [1.165, 1.54) is 11.8 Å². The SMILES string of the molecule is CCOC(=O)CNCc1cccnc1SC(c1ccc(Cl)cc1)c1c(Cl)cc(-n2ncc(=O)[nH]c2=O)cc1Cl. The first kappa shape index (κ1) is 28.8. The lowest BCUT2D eigenvalue weighted by molar-refractivity contribution is -0.142. The van der Waals surface area contributed by atoms with Crippen LogP contribution < -0.4 is 16.6 Å². The van der Waals surface area contributed by atoms with E-state index >= 15 is 0 Å². The van der Waals surface area contributed by atoms with E-state index in [0.717, 1.165) is 22.0 Å². The van der Waals surface area contributed by atoms with Gasteiger partial charge in [0.1, 0.15) is 11.2 Å². The lowest BCUT2D eigenvalue weighted by atomic mass is 10.0. The molecule has 9 nitrogen and oxygen atoms in total. The number of nitrogens with zero attached hydrogens (tertiary/aromatic N) is 3. The summed E-state index contributed by atoms with van der Waals surface area (Å²) in [5, 5.41) is 8.37. The van der Waals surface area contributed by atoms with E-state index in [0.29, 0.717) is 28.8 Å². The van der Waals surface area contributed by atoms with Crippen molar-refractivity contribution in [2.24, 2.45) is 0 Å². The highest BCUT2D eigenvalue weighted by Crippen LogP contribution is 2.46. The predicted molar refractivity (Wildman–Crippen MR) is 152 cm³/mol. The monoisotopic (exact) mass is 605 g/mol. The van der Waals surface area contributed by atoms with Crippen molar-refractivity contribution in [2.45, 2.75) is 23.7 Å². The van der Waals surface area contributed by atoms with Crippen LogP contribution in [-0.4, -0.2) is 38.9 Å². The van der Waals surface area contributed by atoms with E-state index in [4.69, 9.17) is 39.5 Å². The van der Waals surface area contributed by atoms with Crippen molar-refractivity contribution < 1.29 is 9.53 Å². The van der Waals surface area contributed by atoms with Gasteiger partial charge >= 0.3 is 11.7 Å². The van der Waals surface area contributed by atoms with Gasteiger partial charge in [-0.2, -0.15) is 9.78 Å². The lowest BCUT2D eigenvalue weighted by Crippen LogP contribution is -2.30. The number of aromatic amines is 1. The standard InChI is InChI=1S/C26H22Cl3N5O4S/c1-2-38-22(36)14-30-12-16-4-3-9-31-25(16)39-24(15-5-7-17(27)8-6-15)23-19(28)10-18(11-20(23)29)34-26(37)33-21(35)13-32-34/h3-11,13,24,30H,2,12,14H2,1H3,(H,33,35,37). The Bertz CT molecular complexity index is 1570. The number of benzene rings is 2. The first-order valence-corrected chi connectivity index (χ1v) is 13.7. The fraction of sp³-hybridized carbons (Fsp3) is 0.192. The minimum absolute atomic E-state index is 0.0602. The summed E-state index contributed by atoms with van der Waals surface area (Å²) in [7, 11) is 0. The summed E-state index contributed by atoms with van der Waals surface area (Å²) in [5.41, 5.74) is 1.25. The van der Waals surface area contributed by atoms with Crippen molar-refractivity contribution in [1.82, 2.24) is 25.1 Å². The molecule has 4 aromatic rings. The molecule has 4 rings (SSSR count). The first-order chi connectivity index (χ1) is 18.8. The lowest BCUT2D eigenvalue weighted by Gasteiger charge is -2.22. The molecule has 0 spiro atoms. The Balaban J connectivity index is 1.72. The third-order valence-corrected chi connectivity index (χ3v) is 7.64. The van der Waals surface area contributed by atoms with Gasteiger partial charge in [0.2, 0.25) is 0 Å². The topological polar surface area (TPSA) is 119 Å². The van der Waals surface area contributed by atoms with Gasteiger partial charge in [-0.05, 0) is 48.4 Å². The quantitative estimate of drug-likeness (QED) is 0.195. The number of esters is 1. The molecule has 0 amide bonds. The van der Waals surface area contributed by atoms with Gasteiger partial charge in [0.25, 0.3) is 5.56 Å². The number of thioether (sulfide) groups is 1. The van der Waals surface area contributed by atoms with Crippen molar-refractivity contribution in [1.29, 1.82) is 0 Å². The third-order valence-electron chi connectivity index (χ3n) is 5.43. The molecule has 2 aromatic carbocycles. The average molecular weight is 607 g/mol. The molecule has 0 aliphatic carbocycles. The number of aromatic nitrogens is 4. The number of halogens is 3. The number of H-pyrrole nitrogens is 1. The summed E-state index contributed by atoms with van der Waals surface area (Å²) in [6.45, 7) is 2.50. The van der Waals surface area contributed by atoms with Crippen molar-refractivity contribution in [3.8, 4) is 5.69 Å². The van der Waals surface area contributed by atoms with Gasteiger partial charge in [-0.15, -0.1) is 0 Å². The normalized spacial score (nSPS) is 11.8. The first-order valence-electron chi connectivity index (χ1n) is 11.7. The number of carbonyl (C=O) groups excluding carboxylic acids is 1. The molecule has 2 aromatic heterocycles. The minimum Gasteiger partial charge on any atom is -0.465 e. The Morgan fingerprint density at radius 3 is 2.51 bits per heavy atom. The largest absolute Gasteiger partial charge is 0.465 e. The molecule has 2 heterocycles. The molecule has 0 bridgehead atoms. The summed E-state index contributed by atoms with van der Waals surface area (Å²) in [4.78, 5) is 42.2. The molecule has 2 N–H and O–H groups in total. The number of rotatable bonds is 10. The summed E-state index contributed by atoms with van der Waals surface area (Å²) >= 11 is 21.1. The van der Waals surface area contributed by atoms with Crippen LogP contribution in [0.2, 0.25) is 15.1 Å². The van der Waals surface area contributed by atoms with E-state index in [2.05, 4.69) is 20.4 Å². The second-order valence-corrected chi connectivity index (χ2v) is 10.4. The number of hydrogen-bond donors (Lipinski definition) is 2. The molecule has 39 heavy (non-hydrogen) atoms. The predicted octanol–water partition coefficient (Wildman–Crippen LogP) is 4.81. The van der Waals surface area contributed by atoms with Gasteiger partial charge in [-0.3, -0.25) is 14.6 Å². The number of carbonyl (C=O) groups is 1. The van der Waals surface area contributed by atoms with Crippen molar-refractivity contribution in [3.05, 3.63) is 114 Å². The van der Waals surface area contributed by atoms with E-state index < -0.39 is 16.5 Å². The number of ether oxygens (including phenoxy) is 1. The molecule has 202 valence electrons. The zero-order chi connectivity index (χ0) is 27.9. The van der Waals surface area contributed by atoms with Crippen molar-refractivity contribution in [3.63, 3.8) is 0 Å². The third kappa shape index (κ3) is 7.28. The van der Waals surface area contributed by atoms with E-state index in [-0.39, 0.29) is 28.2 Å². The van der Waals surface area contributed by atoms with Gasteiger partial charge in [-0.25, -0.2) is 9.78 Å². The molecule has 0 radical (unpaired) electrons. The Morgan fingerprint density at radius 1 is 1.13 bits per heavy atom. The van der Waals surface area contributed by atoms with Crippen molar-refractivity contribution in [2.75, 3.05) is 13.2 Å². The Kier molecular flexibility index (Phi) is 9.82. The van der Waals surface area contributed by atoms with Gasteiger partial charge < -0.3 is 10.1 Å². The van der Waals surface area contributed by atoms with Crippen LogP contribution >= 0.6 is 46.6 Å². The second kappa shape index (κ2) is 13.3. The summed E-state index contributed by atoms with van der Waals surface area (Å²) in [5.74, 6) is -0.343. The zero-order valence-electron chi connectivity index (χ0n) is 20.5.